The highest BCUT2D eigenvalue weighted by Gasteiger charge is 2.29. The molecule has 1 amide bonds. The van der Waals surface area contributed by atoms with E-state index in [0.29, 0.717) is 16.6 Å². The number of amides is 1. The fraction of sp³-hybridized carbons (Fsp3) is 0.261. The minimum absolute atomic E-state index is 0.119. The minimum atomic E-state index is -0.780. The minimum Gasteiger partial charge on any atom is -0.507 e. The number of phenols is 1. The van der Waals surface area contributed by atoms with Gasteiger partial charge in [-0.2, -0.15) is 0 Å². The van der Waals surface area contributed by atoms with Gasteiger partial charge in [0.1, 0.15) is 11.9 Å². The van der Waals surface area contributed by atoms with Crippen LogP contribution in [0.2, 0.25) is 0 Å². The number of fused-ring (bicyclic) bond motifs is 1. The normalized spacial score (nSPS) is 13.0. The number of carbonyl (C=O) groups is 1. The molecular weight excluding hydrogens is 402 g/mol. The summed E-state index contributed by atoms with van der Waals surface area (Å²) in [4.78, 5) is 13.8. The van der Waals surface area contributed by atoms with Crippen molar-refractivity contribution in [1.82, 2.24) is 0 Å². The van der Waals surface area contributed by atoms with Gasteiger partial charge in [0.25, 0.3) is 0 Å². The van der Waals surface area contributed by atoms with Crippen molar-refractivity contribution in [1.29, 1.82) is 0 Å². The van der Waals surface area contributed by atoms with Crippen molar-refractivity contribution in [2.24, 2.45) is 0 Å². The summed E-state index contributed by atoms with van der Waals surface area (Å²) in [7, 11) is 1.51. The lowest BCUT2D eigenvalue weighted by Gasteiger charge is -2.27. The number of ether oxygens (including phenoxy) is 2. The van der Waals surface area contributed by atoms with Crippen molar-refractivity contribution < 1.29 is 24.5 Å². The molecule has 0 fully saturated rings. The number of methoxy groups -OCH3 is 1. The average molecular weight is 428 g/mol. The molecule has 0 aliphatic heterocycles. The zero-order valence-electron chi connectivity index (χ0n) is 16.9. The summed E-state index contributed by atoms with van der Waals surface area (Å²) in [5, 5.41) is 23.8. The zero-order chi connectivity index (χ0) is 21.5. The highest BCUT2D eigenvalue weighted by atomic mass is 32.2. The van der Waals surface area contributed by atoms with Crippen LogP contribution in [0.1, 0.15) is 18.1 Å². The number of phenolic OH excluding ortho intramolecular Hbond substituents is 1. The molecule has 3 aromatic carbocycles. The molecule has 0 saturated carbocycles. The summed E-state index contributed by atoms with van der Waals surface area (Å²) in [5.41, 5.74) is 1.31. The maximum absolute atomic E-state index is 12.7. The van der Waals surface area contributed by atoms with Gasteiger partial charge in [-0.15, -0.1) is 11.8 Å². The van der Waals surface area contributed by atoms with E-state index in [1.54, 1.807) is 42.1 Å². The second-order valence-electron chi connectivity index (χ2n) is 6.69. The van der Waals surface area contributed by atoms with Gasteiger partial charge >= 0.3 is 6.09 Å². The van der Waals surface area contributed by atoms with Crippen molar-refractivity contribution in [3.8, 4) is 5.75 Å². The van der Waals surface area contributed by atoms with Gasteiger partial charge in [-0.25, -0.2) is 4.79 Å². The Kier molecular flexibility index (Phi) is 7.57. The molecule has 158 valence electrons. The van der Waals surface area contributed by atoms with Crippen LogP contribution in [0.4, 0.5) is 10.5 Å². The molecule has 0 heterocycles. The molecule has 3 N–H and O–H groups in total. The molecule has 0 radical (unpaired) electrons. The standard InChI is InChI=1S/C23H25NO5S/c1-28-21(13-14-25)22(19-11-12-20(26)18-6-4-3-5-17(18)19)29-23(27)24-15-7-9-16(30-2)10-8-15/h3-12,21-22,25-26H,13-14H2,1-2H3,(H,24,27)/t21-,22-/m0/s1. The van der Waals surface area contributed by atoms with E-state index >= 15 is 0 Å². The van der Waals surface area contributed by atoms with Gasteiger partial charge in [-0.05, 0) is 42.0 Å². The predicted molar refractivity (Wildman–Crippen MR) is 119 cm³/mol. The van der Waals surface area contributed by atoms with E-state index in [1.807, 2.05) is 36.6 Å². The summed E-state index contributed by atoms with van der Waals surface area (Å²) >= 11 is 1.61. The van der Waals surface area contributed by atoms with Crippen molar-refractivity contribution in [3.05, 3.63) is 66.2 Å². The highest BCUT2D eigenvalue weighted by molar-refractivity contribution is 7.98. The van der Waals surface area contributed by atoms with Crippen LogP contribution in [-0.2, 0) is 9.47 Å². The first-order valence-corrected chi connectivity index (χ1v) is 10.8. The Hall–Kier alpha value is -2.74. The number of nitrogens with one attached hydrogen (secondary N) is 1. The van der Waals surface area contributed by atoms with Gasteiger partial charge in [-0.1, -0.05) is 30.3 Å². The number of benzene rings is 3. The summed E-state index contributed by atoms with van der Waals surface area (Å²) < 4.78 is 11.3. The van der Waals surface area contributed by atoms with Crippen LogP contribution in [0.3, 0.4) is 0 Å². The van der Waals surface area contributed by atoms with Gasteiger partial charge < -0.3 is 19.7 Å². The van der Waals surface area contributed by atoms with Crippen molar-refractivity contribution in [3.63, 3.8) is 0 Å². The van der Waals surface area contributed by atoms with Gasteiger partial charge in [-0.3, -0.25) is 5.32 Å². The number of thioether (sulfide) groups is 1. The fourth-order valence-corrected chi connectivity index (χ4v) is 3.76. The molecule has 2 atom stereocenters. The van der Waals surface area contributed by atoms with Crippen LogP contribution >= 0.6 is 11.8 Å². The number of aromatic hydroxyl groups is 1. The Morgan fingerprint density at radius 2 is 1.77 bits per heavy atom. The quantitative estimate of drug-likeness (QED) is 0.441. The number of aliphatic hydroxyl groups is 1. The van der Waals surface area contributed by atoms with Gasteiger partial charge in [0.05, 0.1) is 0 Å². The number of anilines is 1. The molecule has 7 heteroatoms. The van der Waals surface area contributed by atoms with Crippen molar-refractivity contribution >= 4 is 34.3 Å². The van der Waals surface area contributed by atoms with E-state index in [1.165, 1.54) is 7.11 Å². The number of hydrogen-bond donors (Lipinski definition) is 3. The molecule has 0 aromatic heterocycles. The van der Waals surface area contributed by atoms with E-state index in [-0.39, 0.29) is 18.8 Å². The second-order valence-corrected chi connectivity index (χ2v) is 7.56. The molecule has 3 aromatic rings. The smallest absolute Gasteiger partial charge is 0.412 e. The number of carbonyl (C=O) groups excluding carboxylic acids is 1. The molecule has 0 spiro atoms. The largest absolute Gasteiger partial charge is 0.507 e. The average Bonchev–Trinajstić information content (AvgIpc) is 2.77. The van der Waals surface area contributed by atoms with Crippen LogP contribution in [-0.4, -0.2) is 42.4 Å². The topological polar surface area (TPSA) is 88.0 Å². The van der Waals surface area contributed by atoms with Gasteiger partial charge in [0.15, 0.2) is 6.10 Å². The Bertz CT molecular complexity index is 993. The monoisotopic (exact) mass is 427 g/mol. The molecule has 0 bridgehead atoms. The summed E-state index contributed by atoms with van der Waals surface area (Å²) in [6.07, 6.45) is 0.293. The Labute approximate surface area is 179 Å². The van der Waals surface area contributed by atoms with E-state index in [2.05, 4.69) is 5.32 Å². The lowest BCUT2D eigenvalue weighted by molar-refractivity contribution is -0.0299. The van der Waals surface area contributed by atoms with E-state index in [4.69, 9.17) is 9.47 Å². The number of hydrogen-bond acceptors (Lipinski definition) is 6. The second kappa shape index (κ2) is 10.3. The maximum atomic E-state index is 12.7. The van der Waals surface area contributed by atoms with E-state index in [0.717, 1.165) is 10.3 Å². The molecule has 30 heavy (non-hydrogen) atoms. The summed E-state index contributed by atoms with van der Waals surface area (Å²) in [6, 6.07) is 18.0. The Morgan fingerprint density at radius 3 is 2.40 bits per heavy atom. The highest BCUT2D eigenvalue weighted by Crippen LogP contribution is 2.35. The Morgan fingerprint density at radius 1 is 1.07 bits per heavy atom. The number of aliphatic hydroxyl groups excluding tert-OH is 1. The summed E-state index contributed by atoms with van der Waals surface area (Å²) in [5.74, 6) is 0.141. The van der Waals surface area contributed by atoms with Crippen LogP contribution in [0.5, 0.6) is 5.75 Å². The van der Waals surface area contributed by atoms with Crippen LogP contribution in [0, 0.1) is 0 Å². The van der Waals surface area contributed by atoms with E-state index < -0.39 is 18.3 Å². The molecule has 6 nitrogen and oxygen atoms in total. The van der Waals surface area contributed by atoms with Gasteiger partial charge in [0.2, 0.25) is 0 Å². The third kappa shape index (κ3) is 5.05. The maximum Gasteiger partial charge on any atom is 0.412 e. The lowest BCUT2D eigenvalue weighted by atomic mass is 9.95. The number of rotatable bonds is 8. The lowest BCUT2D eigenvalue weighted by Crippen LogP contribution is -2.29. The van der Waals surface area contributed by atoms with Crippen LogP contribution < -0.4 is 5.32 Å². The first-order chi connectivity index (χ1) is 14.6. The predicted octanol–water partition coefficient (Wildman–Crippen LogP) is 4.95. The summed E-state index contributed by atoms with van der Waals surface area (Å²) in [6.45, 7) is -0.119. The van der Waals surface area contributed by atoms with Gasteiger partial charge in [0, 0.05) is 41.7 Å². The first-order valence-electron chi connectivity index (χ1n) is 9.53. The van der Waals surface area contributed by atoms with Crippen LogP contribution in [0.25, 0.3) is 10.8 Å². The zero-order valence-corrected chi connectivity index (χ0v) is 17.7. The fourth-order valence-electron chi connectivity index (χ4n) is 3.35. The molecule has 0 aliphatic carbocycles. The molecule has 0 aliphatic rings. The Balaban J connectivity index is 1.91. The molecule has 3 rings (SSSR count). The molecule has 0 unspecified atom stereocenters. The third-order valence-corrected chi connectivity index (χ3v) is 5.61. The van der Waals surface area contributed by atoms with Crippen molar-refractivity contribution in [2.75, 3.05) is 25.3 Å². The molecule has 0 saturated heterocycles. The van der Waals surface area contributed by atoms with Crippen molar-refractivity contribution in [2.45, 2.75) is 23.5 Å². The third-order valence-electron chi connectivity index (χ3n) is 4.87. The molecular formula is C23H25NO5S. The van der Waals surface area contributed by atoms with E-state index in [9.17, 15) is 15.0 Å². The SMILES string of the molecule is CO[C@@H](CCO)[C@@H](OC(=O)Nc1ccc(SC)cc1)c1ccc(O)c2ccccc12. The first kappa shape index (κ1) is 22.0. The van der Waals surface area contributed by atoms with Crippen LogP contribution in [0.15, 0.2) is 65.6 Å².